The van der Waals surface area contributed by atoms with Crippen LogP contribution >= 0.6 is 11.6 Å². The fourth-order valence-electron chi connectivity index (χ4n) is 4.69. The molecule has 0 unspecified atom stereocenters. The normalized spacial score (nSPS) is 20.8. The second-order valence-electron chi connectivity index (χ2n) is 10.8. The molecule has 1 fully saturated rings. The highest BCUT2D eigenvalue weighted by Crippen LogP contribution is 2.39. The number of hydrogen-bond donors (Lipinski definition) is 3. The highest BCUT2D eigenvalue weighted by molar-refractivity contribution is 7.91. The van der Waals surface area contributed by atoms with Gasteiger partial charge in [0, 0.05) is 36.7 Å². The van der Waals surface area contributed by atoms with Gasteiger partial charge < -0.3 is 20.5 Å². The van der Waals surface area contributed by atoms with Gasteiger partial charge in [-0.1, -0.05) is 25.4 Å². The fourth-order valence-corrected chi connectivity index (χ4v) is 6.11. The summed E-state index contributed by atoms with van der Waals surface area (Å²) in [5, 5.41) is 19.9. The maximum atomic E-state index is 13.2. The zero-order valence-corrected chi connectivity index (χ0v) is 24.7. The number of benzene rings is 1. The lowest BCUT2D eigenvalue weighted by atomic mass is 9.84. The van der Waals surface area contributed by atoms with Crippen molar-refractivity contribution in [2.24, 2.45) is 5.92 Å². The van der Waals surface area contributed by atoms with Gasteiger partial charge in [0.15, 0.2) is 5.69 Å². The average molecular weight is 609 g/mol. The Morgan fingerprint density at radius 3 is 2.42 bits per heavy atom. The molecular weight excluding hydrogens is 573 g/mol. The SMILES string of the molecule is COc1cc(N[C@H](C)C(F)(F)F)ccc1-c1c(Cl)c(C(=O)NCC2(O)CCC(S(C)(=O)=O)CC2)nn1CC(C)C. The monoisotopic (exact) mass is 608 g/mol. The minimum absolute atomic E-state index is 0.0218. The summed E-state index contributed by atoms with van der Waals surface area (Å²) < 4.78 is 69.8. The smallest absolute Gasteiger partial charge is 0.408 e. The Labute approximate surface area is 237 Å². The number of halogens is 4. The number of amides is 1. The Morgan fingerprint density at radius 2 is 1.90 bits per heavy atom. The number of hydrogen-bond acceptors (Lipinski definition) is 7. The molecule has 224 valence electrons. The van der Waals surface area contributed by atoms with E-state index in [1.54, 1.807) is 10.7 Å². The van der Waals surface area contributed by atoms with Gasteiger partial charge in [-0.05, 0) is 50.7 Å². The predicted octanol–water partition coefficient (Wildman–Crippen LogP) is 4.68. The number of nitrogens with one attached hydrogen (secondary N) is 2. The van der Waals surface area contributed by atoms with Crippen LogP contribution in [0, 0.1) is 5.92 Å². The summed E-state index contributed by atoms with van der Waals surface area (Å²) in [7, 11) is -1.83. The summed E-state index contributed by atoms with van der Waals surface area (Å²) in [6, 6.07) is 2.65. The lowest BCUT2D eigenvalue weighted by Gasteiger charge is -2.35. The molecule has 9 nitrogen and oxygen atoms in total. The second-order valence-corrected chi connectivity index (χ2v) is 13.5. The lowest BCUT2D eigenvalue weighted by Crippen LogP contribution is -2.47. The van der Waals surface area contributed by atoms with Gasteiger partial charge in [-0.3, -0.25) is 9.48 Å². The first kappa shape index (κ1) is 32.0. The Kier molecular flexibility index (Phi) is 9.73. The van der Waals surface area contributed by atoms with Crippen LogP contribution in [0.2, 0.25) is 5.02 Å². The molecule has 14 heteroatoms. The minimum atomic E-state index is -4.44. The third-order valence-corrected chi connectivity index (χ3v) is 9.07. The van der Waals surface area contributed by atoms with E-state index < -0.39 is 38.8 Å². The topological polar surface area (TPSA) is 123 Å². The first-order valence-electron chi connectivity index (χ1n) is 12.9. The van der Waals surface area contributed by atoms with Crippen molar-refractivity contribution in [2.75, 3.05) is 25.2 Å². The van der Waals surface area contributed by atoms with Crippen LogP contribution in [0.5, 0.6) is 5.75 Å². The van der Waals surface area contributed by atoms with E-state index in [1.807, 2.05) is 13.8 Å². The fraction of sp³-hybridized carbons (Fsp3) is 0.615. The van der Waals surface area contributed by atoms with Crippen LogP contribution in [0.4, 0.5) is 18.9 Å². The molecule has 2 aromatic rings. The molecule has 1 aliphatic rings. The predicted molar refractivity (Wildman–Crippen MR) is 148 cm³/mol. The minimum Gasteiger partial charge on any atom is -0.496 e. The first-order chi connectivity index (χ1) is 18.4. The molecular formula is C26H36ClF3N4O5S. The Balaban J connectivity index is 1.87. The Morgan fingerprint density at radius 1 is 1.27 bits per heavy atom. The van der Waals surface area contributed by atoms with Crippen molar-refractivity contribution >= 4 is 33.0 Å². The zero-order valence-electron chi connectivity index (χ0n) is 23.1. The molecule has 40 heavy (non-hydrogen) atoms. The Hall–Kier alpha value is -2.51. The first-order valence-corrected chi connectivity index (χ1v) is 15.3. The van der Waals surface area contributed by atoms with Gasteiger partial charge in [0.1, 0.15) is 21.6 Å². The van der Waals surface area contributed by atoms with Crippen molar-refractivity contribution in [1.82, 2.24) is 15.1 Å². The zero-order chi connectivity index (χ0) is 30.0. The summed E-state index contributed by atoms with van der Waals surface area (Å²) >= 11 is 6.69. The molecule has 0 aliphatic heterocycles. The average Bonchev–Trinajstić information content (AvgIpc) is 3.16. The molecule has 3 N–H and O–H groups in total. The molecule has 1 saturated carbocycles. The molecule has 1 aliphatic carbocycles. The summed E-state index contributed by atoms with van der Waals surface area (Å²) in [6.45, 7) is 5.18. The summed E-state index contributed by atoms with van der Waals surface area (Å²) in [4.78, 5) is 13.2. The highest BCUT2D eigenvalue weighted by Gasteiger charge is 2.38. The third kappa shape index (κ3) is 7.61. The highest BCUT2D eigenvalue weighted by atomic mass is 35.5. The van der Waals surface area contributed by atoms with Gasteiger partial charge in [-0.15, -0.1) is 0 Å². The lowest BCUT2D eigenvalue weighted by molar-refractivity contribution is -0.138. The number of nitrogens with zero attached hydrogens (tertiary/aromatic N) is 2. The summed E-state index contributed by atoms with van der Waals surface area (Å²) in [5.74, 6) is -0.283. The standard InChI is InChI=1S/C26H36ClF3N4O5S/c1-15(2)13-34-23(19-7-6-17(12-20(19)39-4)32-16(3)26(28,29)30)21(27)22(33-34)24(35)31-14-25(36)10-8-18(9-11-25)40(5,37)38/h6-7,12,15-16,18,32,36H,8-11,13-14H2,1-5H3,(H,31,35)/t16-,18?,25?/m1/s1. The van der Waals surface area contributed by atoms with Crippen LogP contribution in [0.15, 0.2) is 18.2 Å². The number of rotatable bonds is 10. The molecule has 0 saturated heterocycles. The van der Waals surface area contributed by atoms with Crippen LogP contribution in [0.3, 0.4) is 0 Å². The molecule has 0 radical (unpaired) electrons. The van der Waals surface area contributed by atoms with Crippen LogP contribution in [0.1, 0.15) is 56.9 Å². The van der Waals surface area contributed by atoms with Crippen molar-refractivity contribution in [1.29, 1.82) is 0 Å². The molecule has 1 atom stereocenters. The number of carbonyl (C=O) groups is 1. The van der Waals surface area contributed by atoms with E-state index >= 15 is 0 Å². The van der Waals surface area contributed by atoms with E-state index in [2.05, 4.69) is 15.7 Å². The van der Waals surface area contributed by atoms with Crippen molar-refractivity contribution in [3.63, 3.8) is 0 Å². The summed E-state index contributed by atoms with van der Waals surface area (Å²) in [5.41, 5.74) is -0.358. The van der Waals surface area contributed by atoms with E-state index in [4.69, 9.17) is 16.3 Å². The quantitative estimate of drug-likeness (QED) is 0.358. The van der Waals surface area contributed by atoms with E-state index in [1.165, 1.54) is 25.5 Å². The van der Waals surface area contributed by atoms with Crippen LogP contribution < -0.4 is 15.4 Å². The van der Waals surface area contributed by atoms with E-state index in [0.29, 0.717) is 30.6 Å². The molecule has 0 bridgehead atoms. The molecule has 1 aromatic heterocycles. The van der Waals surface area contributed by atoms with Crippen LogP contribution in [-0.4, -0.2) is 72.2 Å². The molecule has 1 aromatic carbocycles. The maximum absolute atomic E-state index is 13.2. The number of carbonyl (C=O) groups excluding carboxylic acids is 1. The molecule has 1 heterocycles. The van der Waals surface area contributed by atoms with Gasteiger partial charge in [0.05, 0.1) is 28.7 Å². The van der Waals surface area contributed by atoms with Crippen LogP contribution in [0.25, 0.3) is 11.3 Å². The van der Waals surface area contributed by atoms with Crippen LogP contribution in [-0.2, 0) is 16.4 Å². The van der Waals surface area contributed by atoms with Crippen molar-refractivity contribution in [3.05, 3.63) is 28.9 Å². The number of methoxy groups -OCH3 is 1. The van der Waals surface area contributed by atoms with Crippen molar-refractivity contribution < 1.29 is 36.2 Å². The van der Waals surface area contributed by atoms with Gasteiger partial charge >= 0.3 is 6.18 Å². The number of sulfone groups is 1. The van der Waals surface area contributed by atoms with Gasteiger partial charge in [-0.25, -0.2) is 8.42 Å². The van der Waals surface area contributed by atoms with Crippen molar-refractivity contribution in [2.45, 2.75) is 76.1 Å². The van der Waals surface area contributed by atoms with Gasteiger partial charge in [0.25, 0.3) is 5.91 Å². The molecule has 0 spiro atoms. The number of aliphatic hydroxyl groups is 1. The third-order valence-electron chi connectivity index (χ3n) is 7.03. The van der Waals surface area contributed by atoms with Crippen molar-refractivity contribution in [3.8, 4) is 17.0 Å². The van der Waals surface area contributed by atoms with E-state index in [0.717, 1.165) is 6.92 Å². The number of aromatic nitrogens is 2. The van der Waals surface area contributed by atoms with Gasteiger partial charge in [0.2, 0.25) is 0 Å². The number of alkyl halides is 3. The van der Waals surface area contributed by atoms with E-state index in [-0.39, 0.29) is 47.5 Å². The number of anilines is 1. The largest absolute Gasteiger partial charge is 0.496 e. The summed E-state index contributed by atoms with van der Waals surface area (Å²) in [6.07, 6.45) is -2.23. The van der Waals surface area contributed by atoms with Gasteiger partial charge in [-0.2, -0.15) is 18.3 Å². The maximum Gasteiger partial charge on any atom is 0.408 e. The number of ether oxygens (including phenoxy) is 1. The Bertz CT molecular complexity index is 1320. The second kappa shape index (κ2) is 12.2. The molecule has 3 rings (SSSR count). The molecule has 1 amide bonds. The van der Waals surface area contributed by atoms with E-state index in [9.17, 15) is 31.5 Å².